The Morgan fingerprint density at radius 2 is 1.68 bits per heavy atom. The van der Waals surface area contributed by atoms with Crippen molar-refractivity contribution in [1.82, 2.24) is 4.90 Å². The summed E-state index contributed by atoms with van der Waals surface area (Å²) in [5, 5.41) is 0. The summed E-state index contributed by atoms with van der Waals surface area (Å²) >= 11 is 0. The van der Waals surface area contributed by atoms with Gasteiger partial charge in [0.1, 0.15) is 0 Å². The Labute approximate surface area is 149 Å². The second-order valence-corrected chi connectivity index (χ2v) is 6.06. The summed E-state index contributed by atoms with van der Waals surface area (Å²) in [5.41, 5.74) is 3.96. The van der Waals surface area contributed by atoms with E-state index in [2.05, 4.69) is 29.3 Å². The molecule has 3 heteroatoms. The zero-order valence-corrected chi connectivity index (χ0v) is 14.7. The van der Waals surface area contributed by atoms with Crippen molar-refractivity contribution in [3.8, 4) is 0 Å². The molecule has 0 aliphatic carbocycles. The molecule has 1 aliphatic rings. The van der Waals surface area contributed by atoms with Gasteiger partial charge in [0, 0.05) is 24.4 Å². The Hall–Kier alpha value is -2.81. The van der Waals surface area contributed by atoms with Crippen molar-refractivity contribution in [2.75, 3.05) is 6.61 Å². The zero-order valence-electron chi connectivity index (χ0n) is 14.7. The lowest BCUT2D eigenvalue weighted by molar-refractivity contribution is -0.138. The van der Waals surface area contributed by atoms with Gasteiger partial charge in [-0.25, -0.2) is 4.79 Å². The summed E-state index contributed by atoms with van der Waals surface area (Å²) in [5.74, 6) is -0.316. The largest absolute Gasteiger partial charge is 0.463 e. The number of ether oxygens (including phenoxy) is 1. The van der Waals surface area contributed by atoms with Crippen LogP contribution in [0.5, 0.6) is 0 Å². The fourth-order valence-corrected chi connectivity index (χ4v) is 3.15. The number of allylic oxidation sites excluding steroid dienone is 2. The van der Waals surface area contributed by atoms with Gasteiger partial charge in [-0.05, 0) is 25.0 Å². The fourth-order valence-electron chi connectivity index (χ4n) is 3.15. The second kappa shape index (κ2) is 7.84. The predicted molar refractivity (Wildman–Crippen MR) is 99.6 cm³/mol. The van der Waals surface area contributed by atoms with Crippen molar-refractivity contribution in [1.29, 1.82) is 0 Å². The SMILES string of the molecule is CCOC(=O)C1=C(C)N(Cc2ccccc2)C=C[C@@H]1c1ccccc1. The van der Waals surface area contributed by atoms with Crippen LogP contribution in [0.4, 0.5) is 0 Å². The molecule has 1 atom stereocenters. The molecule has 3 rings (SSSR count). The van der Waals surface area contributed by atoms with Crippen LogP contribution < -0.4 is 0 Å². The molecule has 0 N–H and O–H groups in total. The van der Waals surface area contributed by atoms with Crippen LogP contribution in [-0.2, 0) is 16.1 Å². The summed E-state index contributed by atoms with van der Waals surface area (Å²) in [6.07, 6.45) is 4.15. The van der Waals surface area contributed by atoms with Gasteiger partial charge in [-0.1, -0.05) is 66.7 Å². The minimum Gasteiger partial charge on any atom is -0.463 e. The molecule has 2 aromatic carbocycles. The fraction of sp³-hybridized carbons (Fsp3) is 0.227. The van der Waals surface area contributed by atoms with Gasteiger partial charge < -0.3 is 9.64 Å². The number of carbonyl (C=O) groups excluding carboxylic acids is 1. The smallest absolute Gasteiger partial charge is 0.336 e. The number of benzene rings is 2. The number of hydrogen-bond acceptors (Lipinski definition) is 3. The van der Waals surface area contributed by atoms with Crippen LogP contribution >= 0.6 is 0 Å². The molecule has 1 aliphatic heterocycles. The summed E-state index contributed by atoms with van der Waals surface area (Å²) in [7, 11) is 0. The third-order valence-corrected chi connectivity index (χ3v) is 4.44. The molecule has 1 heterocycles. The average Bonchev–Trinajstić information content (AvgIpc) is 2.65. The van der Waals surface area contributed by atoms with E-state index in [0.29, 0.717) is 12.2 Å². The van der Waals surface area contributed by atoms with Crippen molar-refractivity contribution >= 4 is 5.97 Å². The Kier molecular flexibility index (Phi) is 5.34. The topological polar surface area (TPSA) is 29.5 Å². The van der Waals surface area contributed by atoms with Gasteiger partial charge in [0.25, 0.3) is 0 Å². The standard InChI is InChI=1S/C22H23NO2/c1-3-25-22(24)21-17(2)23(16-18-10-6-4-7-11-18)15-14-20(21)19-12-8-5-9-13-19/h4-15,20H,3,16H2,1-2H3/t20-/m1/s1. The first-order valence-electron chi connectivity index (χ1n) is 8.62. The van der Waals surface area contributed by atoms with E-state index in [1.165, 1.54) is 5.56 Å². The number of esters is 1. The maximum absolute atomic E-state index is 12.6. The van der Waals surface area contributed by atoms with Crippen LogP contribution in [-0.4, -0.2) is 17.5 Å². The first-order chi connectivity index (χ1) is 12.2. The average molecular weight is 333 g/mol. The minimum absolute atomic E-state index is 0.0766. The van der Waals surface area contributed by atoms with E-state index in [4.69, 9.17) is 4.74 Å². The van der Waals surface area contributed by atoms with Crippen molar-refractivity contribution in [3.63, 3.8) is 0 Å². The number of nitrogens with zero attached hydrogens (tertiary/aromatic N) is 1. The maximum atomic E-state index is 12.6. The summed E-state index contributed by atoms with van der Waals surface area (Å²) in [6, 6.07) is 20.3. The first kappa shape index (κ1) is 17.0. The molecule has 0 bridgehead atoms. The number of hydrogen-bond donors (Lipinski definition) is 0. The van der Waals surface area contributed by atoms with Crippen LogP contribution in [0.3, 0.4) is 0 Å². The summed E-state index contributed by atoms with van der Waals surface area (Å²) in [6.45, 7) is 4.94. The molecule has 2 aromatic rings. The van der Waals surface area contributed by atoms with Crippen molar-refractivity contribution in [2.24, 2.45) is 0 Å². The first-order valence-corrected chi connectivity index (χ1v) is 8.62. The highest BCUT2D eigenvalue weighted by Crippen LogP contribution is 2.34. The van der Waals surface area contributed by atoms with Crippen LogP contribution in [0.15, 0.2) is 84.2 Å². The number of rotatable bonds is 5. The molecule has 3 nitrogen and oxygen atoms in total. The molecule has 0 aromatic heterocycles. The molecule has 0 saturated heterocycles. The van der Waals surface area contributed by atoms with E-state index in [0.717, 1.165) is 17.8 Å². The Bertz CT molecular complexity index is 778. The van der Waals surface area contributed by atoms with Gasteiger partial charge in [-0.3, -0.25) is 0 Å². The van der Waals surface area contributed by atoms with Crippen LogP contribution in [0, 0.1) is 0 Å². The summed E-state index contributed by atoms with van der Waals surface area (Å²) < 4.78 is 5.34. The summed E-state index contributed by atoms with van der Waals surface area (Å²) in [4.78, 5) is 14.8. The van der Waals surface area contributed by atoms with E-state index >= 15 is 0 Å². The minimum atomic E-state index is -0.240. The molecule has 0 radical (unpaired) electrons. The number of carbonyl (C=O) groups is 1. The highest BCUT2D eigenvalue weighted by Gasteiger charge is 2.29. The van der Waals surface area contributed by atoms with E-state index in [9.17, 15) is 4.79 Å². The van der Waals surface area contributed by atoms with Crippen molar-refractivity contribution in [3.05, 3.63) is 95.3 Å². The van der Waals surface area contributed by atoms with Crippen molar-refractivity contribution < 1.29 is 9.53 Å². The highest BCUT2D eigenvalue weighted by molar-refractivity contribution is 5.92. The lowest BCUT2D eigenvalue weighted by atomic mass is 9.87. The van der Waals surface area contributed by atoms with Crippen LogP contribution in [0.1, 0.15) is 30.9 Å². The Balaban J connectivity index is 1.95. The normalized spacial score (nSPS) is 16.9. The van der Waals surface area contributed by atoms with E-state index < -0.39 is 0 Å². The third-order valence-electron chi connectivity index (χ3n) is 4.44. The van der Waals surface area contributed by atoms with Gasteiger partial charge in [0.05, 0.1) is 12.2 Å². The molecule has 0 unspecified atom stereocenters. The lowest BCUT2D eigenvalue weighted by Crippen LogP contribution is -2.26. The maximum Gasteiger partial charge on any atom is 0.336 e. The molecular formula is C22H23NO2. The zero-order chi connectivity index (χ0) is 17.6. The van der Waals surface area contributed by atoms with Crippen LogP contribution in [0.2, 0.25) is 0 Å². The Morgan fingerprint density at radius 3 is 2.32 bits per heavy atom. The van der Waals surface area contributed by atoms with Gasteiger partial charge in [-0.15, -0.1) is 0 Å². The highest BCUT2D eigenvalue weighted by atomic mass is 16.5. The molecule has 0 amide bonds. The van der Waals surface area contributed by atoms with E-state index in [-0.39, 0.29) is 11.9 Å². The lowest BCUT2D eigenvalue weighted by Gasteiger charge is -2.31. The molecular weight excluding hydrogens is 310 g/mol. The van der Waals surface area contributed by atoms with Gasteiger partial charge in [-0.2, -0.15) is 0 Å². The molecule has 0 saturated carbocycles. The quantitative estimate of drug-likeness (QED) is 0.747. The van der Waals surface area contributed by atoms with Crippen LogP contribution in [0.25, 0.3) is 0 Å². The molecule has 25 heavy (non-hydrogen) atoms. The molecule has 128 valence electrons. The monoisotopic (exact) mass is 333 g/mol. The van der Waals surface area contributed by atoms with E-state index in [1.54, 1.807) is 0 Å². The van der Waals surface area contributed by atoms with Gasteiger partial charge in [0.2, 0.25) is 0 Å². The van der Waals surface area contributed by atoms with Gasteiger partial charge in [0.15, 0.2) is 0 Å². The van der Waals surface area contributed by atoms with E-state index in [1.807, 2.05) is 62.4 Å². The second-order valence-electron chi connectivity index (χ2n) is 6.06. The third kappa shape index (κ3) is 3.82. The van der Waals surface area contributed by atoms with Crippen molar-refractivity contribution in [2.45, 2.75) is 26.3 Å². The Morgan fingerprint density at radius 1 is 1.04 bits per heavy atom. The molecule has 0 spiro atoms. The van der Waals surface area contributed by atoms with Gasteiger partial charge >= 0.3 is 5.97 Å². The predicted octanol–water partition coefficient (Wildman–Crippen LogP) is 4.64. The molecule has 0 fully saturated rings.